The van der Waals surface area contributed by atoms with Crippen LogP contribution in [-0.4, -0.2) is 0 Å². The van der Waals surface area contributed by atoms with Gasteiger partial charge >= 0.3 is 0 Å². The Hall–Kier alpha value is -5.44. The number of benzene rings is 8. The van der Waals surface area contributed by atoms with Crippen molar-refractivity contribution in [2.24, 2.45) is 0 Å². The summed E-state index contributed by atoms with van der Waals surface area (Å²) in [5.41, 5.74) is 5.95. The van der Waals surface area contributed by atoms with E-state index in [9.17, 15) is 0 Å². The normalized spacial score (nSPS) is 12.0. The molecule has 0 N–H and O–H groups in total. The van der Waals surface area contributed by atoms with Crippen LogP contribution in [0.1, 0.15) is 25.0 Å². The SMILES string of the molecule is CC(C)(c1ccccc1)c1ccc(N(c2ccc3c(ccc4c5ccccc5ccc34)c2)c2ccc3c(c2)sc2ccccc23)cc1. The molecule has 0 bridgehead atoms. The van der Waals surface area contributed by atoms with E-state index >= 15 is 0 Å². The first kappa shape index (κ1) is 27.8. The van der Waals surface area contributed by atoms with E-state index in [4.69, 9.17) is 0 Å². The van der Waals surface area contributed by atoms with E-state index in [1.807, 2.05) is 11.3 Å². The van der Waals surface area contributed by atoms with E-state index in [1.165, 1.54) is 63.6 Å². The number of fused-ring (bicyclic) bond motifs is 8. The van der Waals surface area contributed by atoms with Crippen LogP contribution in [0.5, 0.6) is 0 Å². The maximum Gasteiger partial charge on any atom is 0.0476 e. The molecule has 2 heteroatoms. The lowest BCUT2D eigenvalue weighted by atomic mass is 9.78. The van der Waals surface area contributed by atoms with E-state index in [0.29, 0.717) is 0 Å². The average Bonchev–Trinajstić information content (AvgIpc) is 3.50. The molecule has 1 aromatic heterocycles. The largest absolute Gasteiger partial charge is 0.310 e. The van der Waals surface area contributed by atoms with Crippen LogP contribution < -0.4 is 4.90 Å². The topological polar surface area (TPSA) is 3.24 Å². The zero-order valence-corrected chi connectivity index (χ0v) is 27.3. The van der Waals surface area contributed by atoms with Crippen LogP contribution in [0, 0.1) is 0 Å². The average molecular weight is 620 g/mol. The van der Waals surface area contributed by atoms with Gasteiger partial charge < -0.3 is 4.90 Å². The summed E-state index contributed by atoms with van der Waals surface area (Å²) in [7, 11) is 0. The number of nitrogens with zero attached hydrogens (tertiary/aromatic N) is 1. The zero-order chi connectivity index (χ0) is 31.5. The van der Waals surface area contributed by atoms with Crippen molar-refractivity contribution < 1.29 is 0 Å². The van der Waals surface area contributed by atoms with E-state index in [1.54, 1.807) is 0 Å². The molecule has 47 heavy (non-hydrogen) atoms. The van der Waals surface area contributed by atoms with Gasteiger partial charge in [-0.05, 0) is 85.9 Å². The molecule has 0 radical (unpaired) electrons. The van der Waals surface area contributed by atoms with Crippen molar-refractivity contribution in [3.8, 4) is 0 Å². The van der Waals surface area contributed by atoms with Crippen LogP contribution in [0.3, 0.4) is 0 Å². The Morgan fingerprint density at radius 3 is 1.70 bits per heavy atom. The molecule has 0 unspecified atom stereocenters. The van der Waals surface area contributed by atoms with Crippen molar-refractivity contribution in [2.75, 3.05) is 4.90 Å². The smallest absolute Gasteiger partial charge is 0.0476 e. The molecule has 9 aromatic rings. The van der Waals surface area contributed by atoms with Crippen LogP contribution in [0.15, 0.2) is 164 Å². The molecule has 0 aliphatic heterocycles. The summed E-state index contributed by atoms with van der Waals surface area (Å²) >= 11 is 1.87. The second-order valence-corrected chi connectivity index (χ2v) is 14.1. The first-order chi connectivity index (χ1) is 23.0. The Balaban J connectivity index is 1.20. The summed E-state index contributed by atoms with van der Waals surface area (Å²) in [5.74, 6) is 0. The molecule has 0 aliphatic rings. The van der Waals surface area contributed by atoms with Gasteiger partial charge in [-0.2, -0.15) is 0 Å². The van der Waals surface area contributed by atoms with Gasteiger partial charge in [0.15, 0.2) is 0 Å². The maximum atomic E-state index is 2.41. The van der Waals surface area contributed by atoms with Crippen LogP contribution in [0.4, 0.5) is 17.1 Å². The minimum Gasteiger partial charge on any atom is -0.310 e. The summed E-state index contributed by atoms with van der Waals surface area (Å²) in [5, 5.41) is 10.3. The minimum atomic E-state index is -0.102. The molecule has 8 aromatic carbocycles. The monoisotopic (exact) mass is 619 g/mol. The molecule has 0 saturated carbocycles. The zero-order valence-electron chi connectivity index (χ0n) is 26.4. The molecule has 0 amide bonds. The van der Waals surface area contributed by atoms with Crippen LogP contribution in [0.2, 0.25) is 0 Å². The predicted octanol–water partition coefficient (Wildman–Crippen LogP) is 13.3. The van der Waals surface area contributed by atoms with Crippen molar-refractivity contribution in [3.05, 3.63) is 175 Å². The second kappa shape index (κ2) is 10.8. The maximum absolute atomic E-state index is 2.41. The Labute approximate surface area is 279 Å². The van der Waals surface area contributed by atoms with Gasteiger partial charge in [-0.1, -0.05) is 135 Å². The number of thiophene rings is 1. The molecular weight excluding hydrogens is 587 g/mol. The number of anilines is 3. The van der Waals surface area contributed by atoms with E-state index in [2.05, 4.69) is 183 Å². The summed E-state index contributed by atoms with van der Waals surface area (Å²) < 4.78 is 2.62. The Morgan fingerprint density at radius 2 is 0.915 bits per heavy atom. The number of hydrogen-bond acceptors (Lipinski definition) is 2. The summed E-state index contributed by atoms with van der Waals surface area (Å²) in [6.07, 6.45) is 0. The summed E-state index contributed by atoms with van der Waals surface area (Å²) in [6.45, 7) is 4.61. The van der Waals surface area contributed by atoms with Gasteiger partial charge in [0.2, 0.25) is 0 Å². The molecular formula is C45H33NS. The van der Waals surface area contributed by atoms with Crippen molar-refractivity contribution in [3.63, 3.8) is 0 Å². The van der Waals surface area contributed by atoms with Crippen LogP contribution in [-0.2, 0) is 5.41 Å². The highest BCUT2D eigenvalue weighted by atomic mass is 32.1. The summed E-state index contributed by atoms with van der Waals surface area (Å²) in [4.78, 5) is 2.41. The van der Waals surface area contributed by atoms with Gasteiger partial charge in [-0.15, -0.1) is 11.3 Å². The molecule has 0 spiro atoms. The van der Waals surface area contributed by atoms with Gasteiger partial charge in [0.25, 0.3) is 0 Å². The lowest BCUT2D eigenvalue weighted by molar-refractivity contribution is 0.641. The van der Waals surface area contributed by atoms with Crippen molar-refractivity contribution in [1.29, 1.82) is 0 Å². The Bertz CT molecular complexity index is 2590. The first-order valence-corrected chi connectivity index (χ1v) is 17.1. The standard InChI is InChI=1S/C45H33NS/c1-45(2,32-11-4-3-5-12-32)33-18-20-34(21-19-33)46(36-23-27-42-41-14-8-9-15-43(41)47-44(42)29-36)35-22-26-38-31(28-35)17-25-39-37-13-7-6-10-30(37)16-24-40(38)39/h3-29H,1-2H3. The molecule has 0 fully saturated rings. The van der Waals surface area contributed by atoms with E-state index < -0.39 is 0 Å². The predicted molar refractivity (Wildman–Crippen MR) is 205 cm³/mol. The van der Waals surface area contributed by atoms with Gasteiger partial charge in [0.1, 0.15) is 0 Å². The number of hydrogen-bond donors (Lipinski definition) is 0. The third kappa shape index (κ3) is 4.60. The highest BCUT2D eigenvalue weighted by molar-refractivity contribution is 7.25. The van der Waals surface area contributed by atoms with Crippen molar-refractivity contribution in [1.82, 2.24) is 0 Å². The molecule has 1 nitrogen and oxygen atoms in total. The third-order valence-corrected chi connectivity index (χ3v) is 11.1. The first-order valence-electron chi connectivity index (χ1n) is 16.3. The fourth-order valence-electron chi connectivity index (χ4n) is 7.31. The molecule has 9 rings (SSSR count). The number of rotatable bonds is 5. The molecule has 0 aliphatic carbocycles. The van der Waals surface area contributed by atoms with Gasteiger partial charge in [0.05, 0.1) is 0 Å². The van der Waals surface area contributed by atoms with E-state index in [-0.39, 0.29) is 5.41 Å². The van der Waals surface area contributed by atoms with Gasteiger partial charge in [-0.3, -0.25) is 0 Å². The minimum absolute atomic E-state index is 0.102. The fourth-order valence-corrected chi connectivity index (χ4v) is 8.44. The Morgan fingerprint density at radius 1 is 0.383 bits per heavy atom. The van der Waals surface area contributed by atoms with Gasteiger partial charge in [-0.25, -0.2) is 0 Å². The van der Waals surface area contributed by atoms with Crippen molar-refractivity contribution >= 4 is 80.9 Å². The van der Waals surface area contributed by atoms with Crippen LogP contribution >= 0.6 is 11.3 Å². The lowest BCUT2D eigenvalue weighted by Crippen LogP contribution is -2.19. The Kier molecular flexibility index (Phi) is 6.41. The lowest BCUT2D eigenvalue weighted by Gasteiger charge is -2.29. The highest BCUT2D eigenvalue weighted by Crippen LogP contribution is 2.43. The third-order valence-electron chi connectivity index (χ3n) is 9.95. The molecule has 224 valence electrons. The quantitative estimate of drug-likeness (QED) is 0.173. The van der Waals surface area contributed by atoms with Crippen LogP contribution in [0.25, 0.3) is 52.5 Å². The fraction of sp³-hybridized carbons (Fsp3) is 0.0667. The second-order valence-electron chi connectivity index (χ2n) is 13.0. The van der Waals surface area contributed by atoms with Crippen molar-refractivity contribution in [2.45, 2.75) is 19.3 Å². The van der Waals surface area contributed by atoms with E-state index in [0.717, 1.165) is 17.1 Å². The van der Waals surface area contributed by atoms with Gasteiger partial charge in [0, 0.05) is 42.6 Å². The molecule has 0 saturated heterocycles. The molecule has 1 heterocycles. The molecule has 0 atom stereocenters. The highest BCUT2D eigenvalue weighted by Gasteiger charge is 2.24. The summed E-state index contributed by atoms with van der Waals surface area (Å²) in [6, 6.07) is 60.3.